The monoisotopic (exact) mass is 339 g/mol. The number of hydrogen-bond acceptors (Lipinski definition) is 3. The Morgan fingerprint density at radius 3 is 2.38 bits per heavy atom. The van der Waals surface area contributed by atoms with Gasteiger partial charge in [-0.15, -0.1) is 24.8 Å². The minimum atomic E-state index is 0. The molecule has 2 aliphatic heterocycles. The highest BCUT2D eigenvalue weighted by Gasteiger charge is 2.22. The number of nitrogens with zero attached hydrogens (tertiary/aromatic N) is 2. The number of piperazine rings is 1. The molecule has 1 amide bonds. The maximum atomic E-state index is 12.2. The van der Waals surface area contributed by atoms with Gasteiger partial charge in [-0.1, -0.05) is 13.8 Å². The van der Waals surface area contributed by atoms with Gasteiger partial charge >= 0.3 is 0 Å². The number of amides is 1. The maximum Gasteiger partial charge on any atom is 0.222 e. The van der Waals surface area contributed by atoms with Crippen LogP contribution in [-0.4, -0.2) is 61.0 Å². The Bertz CT molecular complexity index is 289. The summed E-state index contributed by atoms with van der Waals surface area (Å²) < 4.78 is 0. The zero-order valence-electron chi connectivity index (χ0n) is 13.3. The lowest BCUT2D eigenvalue weighted by Gasteiger charge is -2.35. The molecular formula is C15H31Cl2N3O. The van der Waals surface area contributed by atoms with Crippen LogP contribution in [0.3, 0.4) is 0 Å². The quantitative estimate of drug-likeness (QED) is 0.833. The summed E-state index contributed by atoms with van der Waals surface area (Å²) >= 11 is 0. The number of carbonyl (C=O) groups is 1. The van der Waals surface area contributed by atoms with Gasteiger partial charge in [0.2, 0.25) is 5.91 Å². The van der Waals surface area contributed by atoms with Crippen LogP contribution in [0.2, 0.25) is 0 Å². The van der Waals surface area contributed by atoms with Crippen molar-refractivity contribution in [3.05, 3.63) is 0 Å². The fourth-order valence-corrected chi connectivity index (χ4v) is 3.16. The Labute approximate surface area is 141 Å². The lowest BCUT2D eigenvalue weighted by molar-refractivity contribution is -0.133. The van der Waals surface area contributed by atoms with E-state index in [1.54, 1.807) is 0 Å². The average Bonchev–Trinajstić information content (AvgIpc) is 2.89. The van der Waals surface area contributed by atoms with E-state index in [-0.39, 0.29) is 24.8 Å². The molecule has 0 bridgehead atoms. The molecule has 4 nitrogen and oxygen atoms in total. The summed E-state index contributed by atoms with van der Waals surface area (Å²) in [6.07, 6.45) is 4.26. The minimum Gasteiger partial charge on any atom is -0.340 e. The van der Waals surface area contributed by atoms with Crippen LogP contribution in [0.4, 0.5) is 0 Å². The summed E-state index contributed by atoms with van der Waals surface area (Å²) in [5.74, 6) is 1.08. The highest BCUT2D eigenvalue weighted by Crippen LogP contribution is 2.13. The summed E-state index contributed by atoms with van der Waals surface area (Å²) in [5.41, 5.74) is 0. The first-order valence-electron chi connectivity index (χ1n) is 7.88. The van der Waals surface area contributed by atoms with Gasteiger partial charge in [0.05, 0.1) is 0 Å². The molecule has 2 aliphatic rings. The van der Waals surface area contributed by atoms with Crippen LogP contribution in [0, 0.1) is 5.92 Å². The van der Waals surface area contributed by atoms with Crippen molar-refractivity contribution in [1.82, 2.24) is 15.1 Å². The second-order valence-corrected chi connectivity index (χ2v) is 6.41. The van der Waals surface area contributed by atoms with Crippen molar-refractivity contribution in [3.63, 3.8) is 0 Å². The highest BCUT2D eigenvalue weighted by molar-refractivity contribution is 5.85. The first kappa shape index (κ1) is 21.0. The summed E-state index contributed by atoms with van der Waals surface area (Å²) in [5, 5.41) is 3.46. The minimum absolute atomic E-state index is 0. The Morgan fingerprint density at radius 1 is 1.19 bits per heavy atom. The number of halogens is 2. The first-order valence-corrected chi connectivity index (χ1v) is 7.88. The van der Waals surface area contributed by atoms with Crippen LogP contribution in [0.1, 0.15) is 39.5 Å². The van der Waals surface area contributed by atoms with Gasteiger partial charge in [0.25, 0.3) is 0 Å². The van der Waals surface area contributed by atoms with E-state index in [0.29, 0.717) is 11.9 Å². The average molecular weight is 340 g/mol. The molecule has 0 spiro atoms. The van der Waals surface area contributed by atoms with Gasteiger partial charge in [0, 0.05) is 45.2 Å². The fraction of sp³-hybridized carbons (Fsp3) is 0.933. The zero-order valence-corrected chi connectivity index (χ0v) is 15.0. The molecule has 0 aromatic rings. The van der Waals surface area contributed by atoms with E-state index in [4.69, 9.17) is 0 Å². The van der Waals surface area contributed by atoms with Gasteiger partial charge in [-0.2, -0.15) is 0 Å². The lowest BCUT2D eigenvalue weighted by atomic mass is 10.1. The van der Waals surface area contributed by atoms with E-state index in [0.717, 1.165) is 58.0 Å². The van der Waals surface area contributed by atoms with E-state index >= 15 is 0 Å². The van der Waals surface area contributed by atoms with Crippen LogP contribution in [0.15, 0.2) is 0 Å². The van der Waals surface area contributed by atoms with Gasteiger partial charge in [-0.25, -0.2) is 0 Å². The molecule has 126 valence electrons. The third-order valence-electron chi connectivity index (χ3n) is 4.22. The van der Waals surface area contributed by atoms with Gasteiger partial charge in [-0.05, 0) is 31.7 Å². The smallest absolute Gasteiger partial charge is 0.222 e. The molecule has 2 saturated heterocycles. The Kier molecular flexibility index (Phi) is 10.6. The van der Waals surface area contributed by atoms with E-state index in [1.807, 2.05) is 0 Å². The second kappa shape index (κ2) is 10.7. The van der Waals surface area contributed by atoms with Crippen molar-refractivity contribution in [3.8, 4) is 0 Å². The van der Waals surface area contributed by atoms with Gasteiger partial charge in [-0.3, -0.25) is 9.69 Å². The van der Waals surface area contributed by atoms with Crippen LogP contribution in [-0.2, 0) is 4.79 Å². The fourth-order valence-electron chi connectivity index (χ4n) is 3.16. The molecule has 0 radical (unpaired) electrons. The van der Waals surface area contributed by atoms with Crippen LogP contribution < -0.4 is 5.32 Å². The van der Waals surface area contributed by atoms with Gasteiger partial charge in [0.15, 0.2) is 0 Å². The van der Waals surface area contributed by atoms with Crippen molar-refractivity contribution in [1.29, 1.82) is 0 Å². The normalized spacial score (nSPS) is 22.8. The molecule has 2 rings (SSSR count). The summed E-state index contributed by atoms with van der Waals surface area (Å²) in [6, 6.07) is 0.589. The maximum absolute atomic E-state index is 12.2. The Morgan fingerprint density at radius 2 is 1.86 bits per heavy atom. The number of hydrogen-bond donors (Lipinski definition) is 1. The third-order valence-corrected chi connectivity index (χ3v) is 4.22. The van der Waals surface area contributed by atoms with Crippen molar-refractivity contribution < 1.29 is 4.79 Å². The molecule has 1 unspecified atom stereocenters. The second-order valence-electron chi connectivity index (χ2n) is 6.41. The van der Waals surface area contributed by atoms with Crippen LogP contribution in [0.5, 0.6) is 0 Å². The van der Waals surface area contributed by atoms with E-state index in [9.17, 15) is 4.79 Å². The molecule has 6 heteroatoms. The summed E-state index contributed by atoms with van der Waals surface area (Å²) in [7, 11) is 0. The predicted molar refractivity (Wildman–Crippen MR) is 92.6 cm³/mol. The topological polar surface area (TPSA) is 35.6 Å². The molecule has 21 heavy (non-hydrogen) atoms. The largest absolute Gasteiger partial charge is 0.340 e. The molecule has 2 heterocycles. The molecular weight excluding hydrogens is 309 g/mol. The van der Waals surface area contributed by atoms with E-state index in [2.05, 4.69) is 29.0 Å². The van der Waals surface area contributed by atoms with Crippen LogP contribution in [0.25, 0.3) is 0 Å². The number of nitrogens with one attached hydrogen (secondary N) is 1. The lowest BCUT2D eigenvalue weighted by Crippen LogP contribution is -2.49. The molecule has 0 aromatic heterocycles. The molecule has 0 aliphatic carbocycles. The number of carbonyl (C=O) groups excluding carboxylic acids is 1. The molecule has 0 aromatic carbocycles. The summed E-state index contributed by atoms with van der Waals surface area (Å²) in [4.78, 5) is 16.7. The van der Waals surface area contributed by atoms with E-state index in [1.165, 1.54) is 12.8 Å². The summed E-state index contributed by atoms with van der Waals surface area (Å²) in [6.45, 7) is 10.7. The van der Waals surface area contributed by atoms with Crippen molar-refractivity contribution in [2.24, 2.45) is 5.92 Å². The third kappa shape index (κ3) is 7.18. The molecule has 0 saturated carbocycles. The highest BCUT2D eigenvalue weighted by atomic mass is 35.5. The molecule has 2 fully saturated rings. The predicted octanol–water partition coefficient (Wildman–Crippen LogP) is 2.16. The first-order chi connectivity index (χ1) is 9.15. The van der Waals surface area contributed by atoms with Gasteiger partial charge < -0.3 is 10.2 Å². The Hall–Kier alpha value is -0.0300. The van der Waals surface area contributed by atoms with Crippen molar-refractivity contribution in [2.75, 3.05) is 39.3 Å². The molecule has 1 atom stereocenters. The van der Waals surface area contributed by atoms with Crippen LogP contribution >= 0.6 is 24.8 Å². The number of rotatable bonds is 5. The van der Waals surface area contributed by atoms with Crippen molar-refractivity contribution >= 4 is 30.7 Å². The SMILES string of the molecule is CC(C)CN1CCN(C(=O)CCC2CCCN2)CC1.Cl.Cl. The standard InChI is InChI=1S/C15H29N3O.2ClH/c1-13(2)12-17-8-10-18(11-9-17)15(19)6-5-14-4-3-7-16-14;;/h13-14,16H,3-12H2,1-2H3;2*1H. The zero-order chi connectivity index (χ0) is 13.7. The van der Waals surface area contributed by atoms with E-state index < -0.39 is 0 Å². The van der Waals surface area contributed by atoms with Gasteiger partial charge in [0.1, 0.15) is 0 Å². The molecule has 1 N–H and O–H groups in total. The Balaban J connectivity index is 0.00000200. The van der Waals surface area contributed by atoms with Crippen molar-refractivity contribution in [2.45, 2.75) is 45.6 Å².